The molecule has 0 radical (unpaired) electrons. The van der Waals surface area contributed by atoms with Crippen molar-refractivity contribution in [3.05, 3.63) is 62.7 Å². The van der Waals surface area contributed by atoms with Gasteiger partial charge < -0.3 is 5.73 Å². The van der Waals surface area contributed by atoms with Crippen molar-refractivity contribution in [2.75, 3.05) is 5.73 Å². The lowest BCUT2D eigenvalue weighted by Gasteiger charge is -2.08. The van der Waals surface area contributed by atoms with Gasteiger partial charge in [-0.1, -0.05) is 17.7 Å². The van der Waals surface area contributed by atoms with Crippen LogP contribution < -0.4 is 5.73 Å². The van der Waals surface area contributed by atoms with Crippen molar-refractivity contribution in [1.82, 2.24) is 0 Å². The van der Waals surface area contributed by atoms with E-state index in [0.29, 0.717) is 16.1 Å². The van der Waals surface area contributed by atoms with Crippen LogP contribution in [0.1, 0.15) is 11.1 Å². The second kappa shape index (κ2) is 6.24. The molecule has 0 amide bonds. The molecule has 0 bridgehead atoms. The third-order valence-electron chi connectivity index (χ3n) is 2.99. The average molecular weight is 325 g/mol. The second-order valence-corrected chi connectivity index (χ2v) is 6.37. The predicted octanol–water partition coefficient (Wildman–Crippen LogP) is 3.45. The van der Waals surface area contributed by atoms with Crippen LogP contribution in [0.4, 0.5) is 11.4 Å². The normalized spacial score (nSPS) is 12.1. The Morgan fingerprint density at radius 1 is 1.29 bits per heavy atom. The number of non-ortho nitro benzene ring substituents is 1. The number of nitrogen functional groups attached to an aromatic ring is 1. The van der Waals surface area contributed by atoms with Crippen molar-refractivity contribution in [3.63, 3.8) is 0 Å². The number of benzene rings is 2. The summed E-state index contributed by atoms with van der Waals surface area (Å²) in [5.41, 5.74) is 7.63. The lowest BCUT2D eigenvalue weighted by atomic mass is 10.2. The van der Waals surface area contributed by atoms with E-state index < -0.39 is 15.7 Å². The standard InChI is InChI=1S/C14H13ClN2O3S/c1-9-2-4-11(16)6-14(9)21(20)8-10-3-5-12(17(18)19)7-13(10)15/h2-7H,8,16H2,1H3. The van der Waals surface area contributed by atoms with Gasteiger partial charge >= 0.3 is 0 Å². The third-order valence-corrected chi connectivity index (χ3v) is 4.85. The molecule has 0 heterocycles. The van der Waals surface area contributed by atoms with Gasteiger partial charge in [0.1, 0.15) is 0 Å². The molecule has 0 aliphatic carbocycles. The zero-order chi connectivity index (χ0) is 15.6. The minimum absolute atomic E-state index is 0.0883. The Bertz CT molecular complexity index is 734. The molecule has 1 atom stereocenters. The molecule has 2 rings (SSSR count). The Morgan fingerprint density at radius 3 is 2.62 bits per heavy atom. The van der Waals surface area contributed by atoms with E-state index in [9.17, 15) is 14.3 Å². The molecule has 7 heteroatoms. The van der Waals surface area contributed by atoms with Gasteiger partial charge in [0.25, 0.3) is 5.69 Å². The van der Waals surface area contributed by atoms with E-state index in [0.717, 1.165) is 5.56 Å². The number of halogens is 1. The third kappa shape index (κ3) is 3.59. The number of nitrogens with two attached hydrogens (primary N) is 1. The van der Waals surface area contributed by atoms with Crippen LogP contribution in [0.2, 0.25) is 5.02 Å². The van der Waals surface area contributed by atoms with Crippen molar-refractivity contribution >= 4 is 33.8 Å². The average Bonchev–Trinajstić information content (AvgIpc) is 2.43. The maximum absolute atomic E-state index is 12.4. The molecule has 110 valence electrons. The highest BCUT2D eigenvalue weighted by Crippen LogP contribution is 2.26. The summed E-state index contributed by atoms with van der Waals surface area (Å²) in [5.74, 6) is 0.182. The number of nitro benzene ring substituents is 1. The number of nitro groups is 1. The van der Waals surface area contributed by atoms with Gasteiger partial charge in [-0.15, -0.1) is 0 Å². The molecule has 5 nitrogen and oxygen atoms in total. The Balaban J connectivity index is 2.27. The molecular formula is C14H13ClN2O3S. The number of aryl methyl sites for hydroxylation is 1. The van der Waals surface area contributed by atoms with Crippen LogP contribution in [0.25, 0.3) is 0 Å². The fourth-order valence-electron chi connectivity index (χ4n) is 1.85. The van der Waals surface area contributed by atoms with Crippen molar-refractivity contribution in [2.24, 2.45) is 0 Å². The first kappa shape index (κ1) is 15.5. The van der Waals surface area contributed by atoms with E-state index >= 15 is 0 Å². The number of hydrogen-bond donors (Lipinski definition) is 1. The molecule has 2 N–H and O–H groups in total. The van der Waals surface area contributed by atoms with Crippen molar-refractivity contribution in [1.29, 1.82) is 0 Å². The highest BCUT2D eigenvalue weighted by molar-refractivity contribution is 7.84. The van der Waals surface area contributed by atoms with Gasteiger partial charge in [-0.2, -0.15) is 0 Å². The summed E-state index contributed by atoms with van der Waals surface area (Å²) in [4.78, 5) is 10.8. The highest BCUT2D eigenvalue weighted by Gasteiger charge is 2.14. The summed E-state index contributed by atoms with van der Waals surface area (Å²) in [6.07, 6.45) is 0. The first-order valence-electron chi connectivity index (χ1n) is 6.06. The fraction of sp³-hybridized carbons (Fsp3) is 0.143. The van der Waals surface area contributed by atoms with Crippen molar-refractivity contribution < 1.29 is 9.13 Å². The number of anilines is 1. The lowest BCUT2D eigenvalue weighted by molar-refractivity contribution is -0.384. The van der Waals surface area contributed by atoms with Crippen LogP contribution in [-0.4, -0.2) is 9.13 Å². The SMILES string of the molecule is Cc1ccc(N)cc1S(=O)Cc1ccc([N+](=O)[O-])cc1Cl. The fourth-order valence-corrected chi connectivity index (χ4v) is 3.55. The lowest BCUT2D eigenvalue weighted by Crippen LogP contribution is -2.01. The minimum atomic E-state index is -1.32. The first-order valence-corrected chi connectivity index (χ1v) is 7.75. The predicted molar refractivity (Wildman–Crippen MR) is 83.8 cm³/mol. The van der Waals surface area contributed by atoms with Gasteiger partial charge in [0, 0.05) is 22.7 Å². The Hall–Kier alpha value is -1.92. The molecule has 2 aromatic carbocycles. The number of nitrogens with zero attached hydrogens (tertiary/aromatic N) is 1. The second-order valence-electron chi connectivity index (χ2n) is 4.55. The zero-order valence-corrected chi connectivity index (χ0v) is 12.8. The molecule has 0 spiro atoms. The smallest absolute Gasteiger partial charge is 0.270 e. The van der Waals surface area contributed by atoms with Crippen LogP contribution in [0.3, 0.4) is 0 Å². The van der Waals surface area contributed by atoms with Gasteiger partial charge in [0.05, 0.1) is 26.5 Å². The van der Waals surface area contributed by atoms with E-state index in [4.69, 9.17) is 17.3 Å². The van der Waals surface area contributed by atoms with E-state index in [-0.39, 0.29) is 16.5 Å². The monoisotopic (exact) mass is 324 g/mol. The van der Waals surface area contributed by atoms with E-state index in [1.165, 1.54) is 18.2 Å². The van der Waals surface area contributed by atoms with Gasteiger partial charge in [0.15, 0.2) is 0 Å². The van der Waals surface area contributed by atoms with Crippen LogP contribution in [0, 0.1) is 17.0 Å². The quantitative estimate of drug-likeness (QED) is 0.530. The summed E-state index contributed by atoms with van der Waals surface area (Å²) in [6.45, 7) is 1.85. The molecule has 0 fully saturated rings. The van der Waals surface area contributed by atoms with Crippen LogP contribution >= 0.6 is 11.6 Å². The van der Waals surface area contributed by atoms with Gasteiger partial charge in [-0.3, -0.25) is 14.3 Å². The van der Waals surface area contributed by atoms with E-state index in [2.05, 4.69) is 0 Å². The van der Waals surface area contributed by atoms with E-state index in [1.54, 1.807) is 18.2 Å². The highest BCUT2D eigenvalue weighted by atomic mass is 35.5. The number of hydrogen-bond acceptors (Lipinski definition) is 4. The molecule has 0 aliphatic heterocycles. The Labute approximate surface area is 129 Å². The molecule has 0 aromatic heterocycles. The van der Waals surface area contributed by atoms with Crippen LogP contribution in [0.5, 0.6) is 0 Å². The molecular weight excluding hydrogens is 312 g/mol. The topological polar surface area (TPSA) is 86.2 Å². The zero-order valence-electron chi connectivity index (χ0n) is 11.2. The maximum Gasteiger partial charge on any atom is 0.270 e. The van der Waals surface area contributed by atoms with Crippen LogP contribution in [-0.2, 0) is 16.6 Å². The molecule has 1 unspecified atom stereocenters. The first-order chi connectivity index (χ1) is 9.88. The van der Waals surface area contributed by atoms with Crippen LogP contribution in [0.15, 0.2) is 41.3 Å². The molecule has 0 saturated carbocycles. The minimum Gasteiger partial charge on any atom is -0.399 e. The van der Waals surface area contributed by atoms with Crippen molar-refractivity contribution in [2.45, 2.75) is 17.6 Å². The Kier molecular flexibility index (Phi) is 4.59. The van der Waals surface area contributed by atoms with E-state index in [1.807, 2.05) is 6.92 Å². The largest absolute Gasteiger partial charge is 0.399 e. The molecule has 21 heavy (non-hydrogen) atoms. The van der Waals surface area contributed by atoms with Gasteiger partial charge in [-0.25, -0.2) is 0 Å². The summed E-state index contributed by atoms with van der Waals surface area (Å²) in [7, 11) is -1.32. The summed E-state index contributed by atoms with van der Waals surface area (Å²) in [6, 6.07) is 9.37. The summed E-state index contributed by atoms with van der Waals surface area (Å²) >= 11 is 6.01. The summed E-state index contributed by atoms with van der Waals surface area (Å²) < 4.78 is 12.4. The van der Waals surface area contributed by atoms with Gasteiger partial charge in [-0.05, 0) is 36.2 Å². The molecule has 0 aliphatic rings. The molecule has 0 saturated heterocycles. The maximum atomic E-state index is 12.4. The summed E-state index contributed by atoms with van der Waals surface area (Å²) in [5, 5.41) is 10.9. The number of rotatable bonds is 4. The van der Waals surface area contributed by atoms with Crippen molar-refractivity contribution in [3.8, 4) is 0 Å². The molecule has 2 aromatic rings. The Morgan fingerprint density at radius 2 is 2.00 bits per heavy atom. The van der Waals surface area contributed by atoms with Gasteiger partial charge in [0.2, 0.25) is 0 Å².